The van der Waals surface area contributed by atoms with Crippen molar-refractivity contribution in [2.24, 2.45) is 5.73 Å². The molecule has 3 N–H and O–H groups in total. The molecule has 0 amide bonds. The molecule has 0 aromatic carbocycles. The molecule has 1 fully saturated rings. The van der Waals surface area contributed by atoms with Gasteiger partial charge in [0.05, 0.1) is 24.9 Å². The summed E-state index contributed by atoms with van der Waals surface area (Å²) < 4.78 is 11.2. The Morgan fingerprint density at radius 3 is 2.58 bits per heavy atom. The summed E-state index contributed by atoms with van der Waals surface area (Å²) in [6.07, 6.45) is 3.18. The molecule has 0 aromatic rings. The Labute approximate surface area is 117 Å². The van der Waals surface area contributed by atoms with Gasteiger partial charge in [-0.3, -0.25) is 0 Å². The summed E-state index contributed by atoms with van der Waals surface area (Å²) in [6, 6.07) is 0. The van der Waals surface area contributed by atoms with Gasteiger partial charge in [0.15, 0.2) is 0 Å². The molecule has 1 heterocycles. The number of aliphatic hydroxyl groups is 1. The smallest absolute Gasteiger partial charge is 0.0900 e. The van der Waals surface area contributed by atoms with Crippen LogP contribution in [0.4, 0.5) is 0 Å². The average Bonchev–Trinajstić information content (AvgIpc) is 2.39. The van der Waals surface area contributed by atoms with Gasteiger partial charge in [-0.2, -0.15) is 0 Å². The summed E-state index contributed by atoms with van der Waals surface area (Å²) in [5.41, 5.74) is 5.44. The molecule has 19 heavy (non-hydrogen) atoms. The lowest BCUT2D eigenvalue weighted by Gasteiger charge is -2.33. The van der Waals surface area contributed by atoms with Crippen molar-refractivity contribution in [2.75, 3.05) is 39.4 Å². The molecule has 0 aliphatic carbocycles. The molecular weight excluding hydrogens is 244 g/mol. The van der Waals surface area contributed by atoms with E-state index in [0.717, 1.165) is 39.0 Å². The van der Waals surface area contributed by atoms with Crippen LogP contribution >= 0.6 is 0 Å². The fourth-order valence-electron chi connectivity index (χ4n) is 2.25. The Morgan fingerprint density at radius 2 is 2.00 bits per heavy atom. The van der Waals surface area contributed by atoms with Crippen molar-refractivity contribution in [3.05, 3.63) is 0 Å². The van der Waals surface area contributed by atoms with Crippen LogP contribution in [0.2, 0.25) is 0 Å². The largest absolute Gasteiger partial charge is 0.389 e. The van der Waals surface area contributed by atoms with Gasteiger partial charge in [-0.25, -0.2) is 0 Å². The number of nitrogens with zero attached hydrogens (tertiary/aromatic N) is 1. The Morgan fingerprint density at radius 1 is 1.32 bits per heavy atom. The van der Waals surface area contributed by atoms with Crippen LogP contribution in [0.1, 0.15) is 33.1 Å². The number of nitrogens with two attached hydrogens (primary N) is 1. The number of aliphatic hydroxyl groups excluding tert-OH is 1. The first kappa shape index (κ1) is 16.9. The summed E-state index contributed by atoms with van der Waals surface area (Å²) in [5, 5.41) is 9.88. The molecule has 0 spiro atoms. The van der Waals surface area contributed by atoms with Crippen LogP contribution in [0.3, 0.4) is 0 Å². The summed E-state index contributed by atoms with van der Waals surface area (Å²) >= 11 is 0. The van der Waals surface area contributed by atoms with E-state index in [2.05, 4.69) is 4.90 Å². The van der Waals surface area contributed by atoms with Crippen LogP contribution in [-0.4, -0.2) is 67.7 Å². The SMILES string of the molecule is CC(C)OCC(O)CN1CCC(OCCCN)CC1. The van der Waals surface area contributed by atoms with Crippen molar-refractivity contribution in [3.63, 3.8) is 0 Å². The van der Waals surface area contributed by atoms with E-state index < -0.39 is 6.10 Å². The van der Waals surface area contributed by atoms with Gasteiger partial charge in [-0.05, 0) is 39.7 Å². The molecule has 0 aromatic heterocycles. The Hall–Kier alpha value is -0.200. The van der Waals surface area contributed by atoms with E-state index in [9.17, 15) is 5.11 Å². The van der Waals surface area contributed by atoms with Crippen molar-refractivity contribution in [1.29, 1.82) is 0 Å². The third kappa shape index (κ3) is 7.84. The number of hydrogen-bond donors (Lipinski definition) is 2. The lowest BCUT2D eigenvalue weighted by atomic mass is 10.1. The minimum atomic E-state index is -0.392. The second-order valence-corrected chi connectivity index (χ2v) is 5.55. The van der Waals surface area contributed by atoms with Crippen LogP contribution in [-0.2, 0) is 9.47 Å². The summed E-state index contributed by atoms with van der Waals surface area (Å²) in [7, 11) is 0. The third-order valence-corrected chi connectivity index (χ3v) is 3.33. The van der Waals surface area contributed by atoms with Gasteiger partial charge in [0.1, 0.15) is 0 Å². The minimum absolute atomic E-state index is 0.177. The Kier molecular flexibility index (Phi) is 8.57. The third-order valence-electron chi connectivity index (χ3n) is 3.33. The van der Waals surface area contributed by atoms with E-state index in [1.54, 1.807) is 0 Å². The quantitative estimate of drug-likeness (QED) is 0.603. The monoisotopic (exact) mass is 274 g/mol. The fourth-order valence-corrected chi connectivity index (χ4v) is 2.25. The number of β-amino-alcohol motifs (C(OH)–C–C–N with tert-alkyl or cyclic N) is 1. The van der Waals surface area contributed by atoms with Gasteiger partial charge < -0.3 is 25.2 Å². The number of rotatable bonds is 9. The van der Waals surface area contributed by atoms with Crippen molar-refractivity contribution in [2.45, 2.75) is 51.4 Å². The zero-order valence-electron chi connectivity index (χ0n) is 12.4. The molecule has 1 aliphatic heterocycles. The molecule has 5 nitrogen and oxygen atoms in total. The summed E-state index contributed by atoms with van der Waals surface area (Å²) in [5.74, 6) is 0. The first-order valence-corrected chi connectivity index (χ1v) is 7.45. The first-order chi connectivity index (χ1) is 9.11. The molecule has 1 aliphatic rings. The maximum Gasteiger partial charge on any atom is 0.0900 e. The van der Waals surface area contributed by atoms with Gasteiger partial charge in [-0.1, -0.05) is 0 Å². The highest BCUT2D eigenvalue weighted by Crippen LogP contribution is 2.14. The van der Waals surface area contributed by atoms with E-state index in [4.69, 9.17) is 15.2 Å². The van der Waals surface area contributed by atoms with Crippen LogP contribution in [0.15, 0.2) is 0 Å². The minimum Gasteiger partial charge on any atom is -0.389 e. The molecule has 114 valence electrons. The van der Waals surface area contributed by atoms with Gasteiger partial charge in [0.25, 0.3) is 0 Å². The predicted molar refractivity (Wildman–Crippen MR) is 76.2 cm³/mol. The topological polar surface area (TPSA) is 68.0 Å². The normalized spacial score (nSPS) is 20.1. The van der Waals surface area contributed by atoms with Gasteiger partial charge in [0.2, 0.25) is 0 Å². The molecule has 0 bridgehead atoms. The van der Waals surface area contributed by atoms with Gasteiger partial charge >= 0.3 is 0 Å². The van der Waals surface area contributed by atoms with Crippen LogP contribution in [0.5, 0.6) is 0 Å². The Balaban J connectivity index is 2.08. The number of likely N-dealkylation sites (tertiary alicyclic amines) is 1. The number of ether oxygens (including phenoxy) is 2. The van der Waals surface area contributed by atoms with Crippen molar-refractivity contribution in [1.82, 2.24) is 4.90 Å². The predicted octanol–water partition coefficient (Wildman–Crippen LogP) is 0.602. The number of piperidine rings is 1. The van der Waals surface area contributed by atoms with E-state index in [0.29, 0.717) is 25.8 Å². The zero-order valence-corrected chi connectivity index (χ0v) is 12.4. The molecule has 1 atom stereocenters. The van der Waals surface area contributed by atoms with Crippen LogP contribution in [0, 0.1) is 0 Å². The fraction of sp³-hybridized carbons (Fsp3) is 1.00. The average molecular weight is 274 g/mol. The summed E-state index contributed by atoms with van der Waals surface area (Å²) in [4.78, 5) is 2.29. The second-order valence-electron chi connectivity index (χ2n) is 5.55. The highest BCUT2D eigenvalue weighted by Gasteiger charge is 2.21. The van der Waals surface area contributed by atoms with Crippen LogP contribution in [0.25, 0.3) is 0 Å². The molecule has 1 saturated heterocycles. The van der Waals surface area contributed by atoms with E-state index in [-0.39, 0.29) is 6.10 Å². The number of hydrogen-bond acceptors (Lipinski definition) is 5. The molecule has 0 radical (unpaired) electrons. The Bertz CT molecular complexity index is 219. The van der Waals surface area contributed by atoms with Crippen molar-refractivity contribution < 1.29 is 14.6 Å². The molecule has 5 heteroatoms. The second kappa shape index (κ2) is 9.66. The molecule has 1 rings (SSSR count). The maximum atomic E-state index is 9.88. The van der Waals surface area contributed by atoms with Crippen LogP contribution < -0.4 is 5.73 Å². The van der Waals surface area contributed by atoms with E-state index >= 15 is 0 Å². The molecule has 1 unspecified atom stereocenters. The van der Waals surface area contributed by atoms with Gasteiger partial charge in [-0.15, -0.1) is 0 Å². The first-order valence-electron chi connectivity index (χ1n) is 7.45. The van der Waals surface area contributed by atoms with Crippen molar-refractivity contribution >= 4 is 0 Å². The van der Waals surface area contributed by atoms with E-state index in [1.807, 2.05) is 13.8 Å². The molecular formula is C14H30N2O3. The highest BCUT2D eigenvalue weighted by atomic mass is 16.5. The lowest BCUT2D eigenvalue weighted by Crippen LogP contribution is -2.42. The van der Waals surface area contributed by atoms with E-state index in [1.165, 1.54) is 0 Å². The maximum absolute atomic E-state index is 9.88. The van der Waals surface area contributed by atoms with Crippen molar-refractivity contribution in [3.8, 4) is 0 Å². The standard InChI is InChI=1S/C14H30N2O3/c1-12(2)19-11-13(17)10-16-7-4-14(5-8-16)18-9-3-6-15/h12-14,17H,3-11,15H2,1-2H3. The van der Waals surface area contributed by atoms with Gasteiger partial charge in [0, 0.05) is 26.2 Å². The lowest BCUT2D eigenvalue weighted by molar-refractivity contribution is -0.0280. The summed E-state index contributed by atoms with van der Waals surface area (Å²) in [6.45, 7) is 8.53. The highest BCUT2D eigenvalue weighted by molar-refractivity contribution is 4.74. The zero-order chi connectivity index (χ0) is 14.1. The molecule has 0 saturated carbocycles.